The lowest BCUT2D eigenvalue weighted by atomic mass is 10.7. The molecule has 1 aromatic heterocycles. The molecule has 1 heterocycles. The van der Waals surface area contributed by atoms with E-state index in [9.17, 15) is 19.8 Å². The smallest absolute Gasteiger partial charge is 0.163 e. The number of hydrogen-bond acceptors (Lipinski definition) is 7. The molecule has 11 heavy (non-hydrogen) atoms. The lowest BCUT2D eigenvalue weighted by Gasteiger charge is -1.91. The first-order valence-corrected chi connectivity index (χ1v) is 3.19. The molecule has 0 spiro atoms. The van der Waals surface area contributed by atoms with Crippen molar-refractivity contribution in [2.75, 3.05) is 0 Å². The normalized spacial score (nSPS) is 9.45. The molecule has 0 amide bonds. The van der Waals surface area contributed by atoms with Gasteiger partial charge < -0.3 is 19.8 Å². The summed E-state index contributed by atoms with van der Waals surface area (Å²) in [6.45, 7) is 0. The molecule has 0 bridgehead atoms. The monoisotopic (exact) mass is 172 g/mol. The minimum Gasteiger partial charge on any atom is -0.542 e. The highest BCUT2D eigenvalue weighted by molar-refractivity contribution is 7.14. The zero-order valence-corrected chi connectivity index (χ0v) is 5.75. The Morgan fingerprint density at radius 2 is 1.45 bits per heavy atom. The van der Waals surface area contributed by atoms with Crippen LogP contribution in [0, 0.1) is 0 Å². The quantitative estimate of drug-likeness (QED) is 0.479. The van der Waals surface area contributed by atoms with Crippen molar-refractivity contribution in [1.29, 1.82) is 0 Å². The molecule has 0 unspecified atom stereocenters. The number of hydrogen-bond donors (Lipinski definition) is 0. The van der Waals surface area contributed by atoms with E-state index in [0.717, 1.165) is 0 Å². The van der Waals surface area contributed by atoms with Crippen LogP contribution in [0.3, 0.4) is 0 Å². The number of carboxylic acid groups (broad SMARTS) is 2. The summed E-state index contributed by atoms with van der Waals surface area (Å²) >= 11 is 0.403. The van der Waals surface area contributed by atoms with Crippen LogP contribution in [0.25, 0.3) is 0 Å². The lowest BCUT2D eigenvalue weighted by molar-refractivity contribution is -0.256. The molecule has 0 radical (unpaired) electrons. The third-order valence-electron chi connectivity index (χ3n) is 0.774. The fourth-order valence-corrected chi connectivity index (χ4v) is 0.901. The second-order valence-corrected chi connectivity index (χ2v) is 2.46. The van der Waals surface area contributed by atoms with Gasteiger partial charge in [0.15, 0.2) is 10.0 Å². The molecule has 58 valence electrons. The van der Waals surface area contributed by atoms with Crippen LogP contribution < -0.4 is 10.2 Å². The SMILES string of the molecule is O=C([O-])c1nnc(C(=O)[O-])s1. The highest BCUT2D eigenvalue weighted by atomic mass is 32.1. The summed E-state index contributed by atoms with van der Waals surface area (Å²) in [6.07, 6.45) is 0. The van der Waals surface area contributed by atoms with Gasteiger partial charge >= 0.3 is 0 Å². The molecule has 0 N–H and O–H groups in total. The minimum absolute atomic E-state index is 0.403. The van der Waals surface area contributed by atoms with Crippen molar-refractivity contribution in [3.63, 3.8) is 0 Å². The summed E-state index contributed by atoms with van der Waals surface area (Å²) < 4.78 is 0. The predicted octanol–water partition coefficient (Wildman–Crippen LogP) is -2.73. The number of aromatic nitrogens is 2. The predicted molar refractivity (Wildman–Crippen MR) is 28.6 cm³/mol. The van der Waals surface area contributed by atoms with Crippen LogP contribution in [0.2, 0.25) is 0 Å². The molecule has 6 nitrogen and oxygen atoms in total. The number of carbonyl (C=O) groups excluding carboxylic acids is 2. The lowest BCUT2D eigenvalue weighted by Crippen LogP contribution is -2.22. The summed E-state index contributed by atoms with van der Waals surface area (Å²) in [5, 5.41) is 25.1. The molecule has 1 aromatic rings. The van der Waals surface area contributed by atoms with Gasteiger partial charge in [-0.3, -0.25) is 0 Å². The summed E-state index contributed by atoms with van der Waals surface area (Å²) in [6, 6.07) is 0. The van der Waals surface area contributed by atoms with Gasteiger partial charge in [-0.2, -0.15) is 0 Å². The maximum atomic E-state index is 10.0. The first-order valence-electron chi connectivity index (χ1n) is 2.37. The number of nitrogens with zero attached hydrogens (tertiary/aromatic N) is 2. The van der Waals surface area contributed by atoms with E-state index < -0.39 is 22.0 Å². The Morgan fingerprint density at radius 1 is 1.09 bits per heavy atom. The Kier molecular flexibility index (Phi) is 1.81. The summed E-state index contributed by atoms with van der Waals surface area (Å²) in [5.74, 6) is -3.09. The maximum absolute atomic E-state index is 10.0. The second kappa shape index (κ2) is 2.62. The van der Waals surface area contributed by atoms with Crippen molar-refractivity contribution >= 4 is 23.3 Å². The molecule has 0 aliphatic heterocycles. The highest BCUT2D eigenvalue weighted by Gasteiger charge is 2.04. The molecule has 0 saturated heterocycles. The standard InChI is InChI=1S/C4H2N2O4S/c7-3(8)1-5-6-2(11-1)4(9)10/h(H,7,8)(H,9,10)/p-2. The maximum Gasteiger partial charge on any atom is 0.163 e. The van der Waals surface area contributed by atoms with Crippen LogP contribution in [-0.4, -0.2) is 22.1 Å². The van der Waals surface area contributed by atoms with E-state index in [0.29, 0.717) is 11.3 Å². The molecule has 0 aliphatic carbocycles. The van der Waals surface area contributed by atoms with E-state index in [-0.39, 0.29) is 0 Å². The molecule has 7 heteroatoms. The first-order chi connectivity index (χ1) is 5.11. The number of rotatable bonds is 2. The largest absolute Gasteiger partial charge is 0.542 e. The van der Waals surface area contributed by atoms with Crippen LogP contribution in [-0.2, 0) is 0 Å². The third kappa shape index (κ3) is 1.49. The minimum atomic E-state index is -1.55. The van der Waals surface area contributed by atoms with E-state index in [1.807, 2.05) is 0 Å². The Hall–Kier alpha value is -1.50. The van der Waals surface area contributed by atoms with Crippen LogP contribution >= 0.6 is 11.3 Å². The average molecular weight is 172 g/mol. The molecule has 1 rings (SSSR count). The van der Waals surface area contributed by atoms with Crippen LogP contribution in [0.4, 0.5) is 0 Å². The van der Waals surface area contributed by atoms with E-state index in [1.54, 1.807) is 0 Å². The van der Waals surface area contributed by atoms with Crippen molar-refractivity contribution in [1.82, 2.24) is 10.2 Å². The molecular weight excluding hydrogens is 172 g/mol. The van der Waals surface area contributed by atoms with E-state index >= 15 is 0 Å². The molecule has 0 aromatic carbocycles. The molecular formula is C4N2O4S-2. The van der Waals surface area contributed by atoms with Gasteiger partial charge in [-0.1, -0.05) is 11.3 Å². The molecule has 0 fully saturated rings. The van der Waals surface area contributed by atoms with E-state index in [4.69, 9.17) is 0 Å². The first kappa shape index (κ1) is 7.61. The average Bonchev–Trinajstić information content (AvgIpc) is 2.33. The number of carbonyl (C=O) groups is 2. The van der Waals surface area contributed by atoms with Crippen molar-refractivity contribution < 1.29 is 19.8 Å². The summed E-state index contributed by atoms with van der Waals surface area (Å²) in [7, 11) is 0. The van der Waals surface area contributed by atoms with Crippen molar-refractivity contribution in [3.05, 3.63) is 10.0 Å². The Bertz CT molecular complexity index is 278. The van der Waals surface area contributed by atoms with Gasteiger partial charge in [0, 0.05) is 0 Å². The molecule has 0 atom stereocenters. The Morgan fingerprint density at radius 3 is 1.64 bits per heavy atom. The number of aromatic carboxylic acids is 2. The van der Waals surface area contributed by atoms with E-state index in [1.165, 1.54) is 0 Å². The fraction of sp³-hybridized carbons (Fsp3) is 0. The van der Waals surface area contributed by atoms with Gasteiger partial charge in [-0.05, 0) is 0 Å². The van der Waals surface area contributed by atoms with Crippen LogP contribution in [0.15, 0.2) is 0 Å². The van der Waals surface area contributed by atoms with Gasteiger partial charge in [-0.25, -0.2) is 0 Å². The van der Waals surface area contributed by atoms with Gasteiger partial charge in [0.2, 0.25) is 0 Å². The van der Waals surface area contributed by atoms with Crippen molar-refractivity contribution in [2.24, 2.45) is 0 Å². The Labute approximate surface area is 64.1 Å². The summed E-state index contributed by atoms with van der Waals surface area (Å²) in [4.78, 5) is 20.0. The second-order valence-electron chi connectivity index (χ2n) is 1.49. The highest BCUT2D eigenvalue weighted by Crippen LogP contribution is 2.06. The summed E-state index contributed by atoms with van der Waals surface area (Å²) in [5.41, 5.74) is 0. The van der Waals surface area contributed by atoms with Gasteiger partial charge in [0.1, 0.15) is 11.9 Å². The van der Waals surface area contributed by atoms with Crippen LogP contribution in [0.1, 0.15) is 19.6 Å². The third-order valence-corrected chi connectivity index (χ3v) is 1.66. The number of carboxylic acids is 2. The zero-order chi connectivity index (χ0) is 8.43. The molecule has 0 aliphatic rings. The van der Waals surface area contributed by atoms with Gasteiger partial charge in [0.05, 0.1) is 0 Å². The zero-order valence-electron chi connectivity index (χ0n) is 4.94. The van der Waals surface area contributed by atoms with Crippen molar-refractivity contribution in [3.8, 4) is 0 Å². The fourth-order valence-electron chi connectivity index (χ4n) is 0.388. The van der Waals surface area contributed by atoms with E-state index in [2.05, 4.69) is 10.2 Å². The van der Waals surface area contributed by atoms with Gasteiger partial charge in [0.25, 0.3) is 0 Å². The topological polar surface area (TPSA) is 106 Å². The Balaban J connectivity index is 2.99. The van der Waals surface area contributed by atoms with Crippen LogP contribution in [0.5, 0.6) is 0 Å². The van der Waals surface area contributed by atoms with Gasteiger partial charge in [-0.15, -0.1) is 10.2 Å². The van der Waals surface area contributed by atoms with Crippen molar-refractivity contribution in [2.45, 2.75) is 0 Å². The molecule has 0 saturated carbocycles.